The number of amides is 1. The summed E-state index contributed by atoms with van der Waals surface area (Å²) in [4.78, 5) is 19.4. The van der Waals surface area contributed by atoms with E-state index in [1.54, 1.807) is 12.3 Å². The first kappa shape index (κ1) is 11.6. The van der Waals surface area contributed by atoms with Crippen LogP contribution in [0.15, 0.2) is 18.6 Å². The van der Waals surface area contributed by atoms with Crippen molar-refractivity contribution in [1.29, 1.82) is 0 Å². The third-order valence-electron chi connectivity index (χ3n) is 2.20. The van der Waals surface area contributed by atoms with Crippen molar-refractivity contribution < 1.29 is 4.79 Å². The second kappa shape index (κ2) is 4.84. The van der Waals surface area contributed by atoms with Gasteiger partial charge in [0.1, 0.15) is 6.33 Å². The molecule has 0 saturated heterocycles. The van der Waals surface area contributed by atoms with Crippen molar-refractivity contribution in [2.45, 2.75) is 20.4 Å². The van der Waals surface area contributed by atoms with E-state index >= 15 is 0 Å². The minimum absolute atomic E-state index is 0.0661. The fourth-order valence-corrected chi connectivity index (χ4v) is 0.925. The summed E-state index contributed by atoms with van der Waals surface area (Å²) in [7, 11) is 0. The average Bonchev–Trinajstić information content (AvgIpc) is 2.27. The maximum absolute atomic E-state index is 11.6. The Bertz CT molecular complexity index is 323. The van der Waals surface area contributed by atoms with Crippen LogP contribution in [0.2, 0.25) is 0 Å². The summed E-state index contributed by atoms with van der Waals surface area (Å²) in [5.74, 6) is -0.0661. The molecule has 0 unspecified atom stereocenters. The Morgan fingerprint density at radius 3 is 2.87 bits per heavy atom. The Morgan fingerprint density at radius 2 is 2.33 bits per heavy atom. The van der Waals surface area contributed by atoms with Crippen LogP contribution in [0, 0.1) is 5.41 Å². The van der Waals surface area contributed by atoms with Crippen LogP contribution in [0.25, 0.3) is 0 Å². The van der Waals surface area contributed by atoms with Crippen LogP contribution in [0.4, 0.5) is 0 Å². The van der Waals surface area contributed by atoms with Crippen molar-refractivity contribution >= 4 is 5.91 Å². The minimum atomic E-state index is -0.535. The molecule has 0 aliphatic heterocycles. The number of aromatic nitrogens is 2. The second-order valence-electron chi connectivity index (χ2n) is 3.97. The quantitative estimate of drug-likeness (QED) is 0.734. The molecule has 0 fully saturated rings. The fraction of sp³-hybridized carbons (Fsp3) is 0.500. The molecule has 3 N–H and O–H groups in total. The highest BCUT2D eigenvalue weighted by Crippen LogP contribution is 2.12. The molecule has 1 aromatic rings. The van der Waals surface area contributed by atoms with Gasteiger partial charge in [-0.05, 0) is 19.9 Å². The van der Waals surface area contributed by atoms with Crippen molar-refractivity contribution in [3.8, 4) is 0 Å². The third-order valence-corrected chi connectivity index (χ3v) is 2.20. The molecule has 0 aromatic carbocycles. The number of nitrogens with two attached hydrogens (primary N) is 1. The predicted octanol–water partition coefficient (Wildman–Crippen LogP) is 0.0777. The van der Waals surface area contributed by atoms with Crippen LogP contribution in [0.5, 0.6) is 0 Å². The van der Waals surface area contributed by atoms with Gasteiger partial charge < -0.3 is 11.1 Å². The zero-order valence-corrected chi connectivity index (χ0v) is 9.03. The molecule has 0 aliphatic rings. The molecular weight excluding hydrogens is 192 g/mol. The van der Waals surface area contributed by atoms with Gasteiger partial charge in [-0.2, -0.15) is 0 Å². The van der Waals surface area contributed by atoms with Crippen molar-refractivity contribution in [2.75, 3.05) is 6.54 Å². The number of nitrogens with zero attached hydrogens (tertiary/aromatic N) is 2. The van der Waals surface area contributed by atoms with Crippen molar-refractivity contribution in [2.24, 2.45) is 11.1 Å². The summed E-state index contributed by atoms with van der Waals surface area (Å²) in [6.45, 7) is 4.35. The summed E-state index contributed by atoms with van der Waals surface area (Å²) in [6, 6.07) is 1.76. The number of hydrogen-bond donors (Lipinski definition) is 2. The zero-order valence-electron chi connectivity index (χ0n) is 9.03. The van der Waals surface area contributed by atoms with Crippen LogP contribution in [-0.2, 0) is 11.3 Å². The number of carbonyl (C=O) groups is 1. The van der Waals surface area contributed by atoms with Gasteiger partial charge in [-0.3, -0.25) is 4.79 Å². The van der Waals surface area contributed by atoms with Gasteiger partial charge in [0.05, 0.1) is 17.7 Å². The van der Waals surface area contributed by atoms with Crippen molar-refractivity contribution in [3.05, 3.63) is 24.3 Å². The van der Waals surface area contributed by atoms with E-state index in [1.807, 2.05) is 13.8 Å². The number of rotatable bonds is 4. The molecule has 82 valence electrons. The molecular formula is C10H16N4O. The van der Waals surface area contributed by atoms with Gasteiger partial charge >= 0.3 is 0 Å². The first-order chi connectivity index (χ1) is 7.06. The largest absolute Gasteiger partial charge is 0.350 e. The molecule has 1 amide bonds. The molecule has 5 heteroatoms. The standard InChI is InChI=1S/C10H16N4O/c1-10(2,6-11)9(15)13-5-8-3-4-12-7-14-8/h3-4,7H,5-6,11H2,1-2H3,(H,13,15). The van der Waals surface area contributed by atoms with E-state index in [0.717, 1.165) is 5.69 Å². The maximum atomic E-state index is 11.6. The highest BCUT2D eigenvalue weighted by Gasteiger charge is 2.25. The van der Waals surface area contributed by atoms with Crippen LogP contribution in [0.3, 0.4) is 0 Å². The Balaban J connectivity index is 2.48. The monoisotopic (exact) mass is 208 g/mol. The van der Waals surface area contributed by atoms with E-state index < -0.39 is 5.41 Å². The molecule has 15 heavy (non-hydrogen) atoms. The van der Waals surface area contributed by atoms with Gasteiger partial charge in [-0.1, -0.05) is 0 Å². The number of nitrogens with one attached hydrogen (secondary N) is 1. The normalized spacial score (nSPS) is 11.1. The van der Waals surface area contributed by atoms with E-state index in [1.165, 1.54) is 6.33 Å². The lowest BCUT2D eigenvalue weighted by Crippen LogP contribution is -2.41. The summed E-state index contributed by atoms with van der Waals surface area (Å²) in [5, 5.41) is 2.78. The van der Waals surface area contributed by atoms with Crippen molar-refractivity contribution in [3.63, 3.8) is 0 Å². The average molecular weight is 208 g/mol. The summed E-state index contributed by atoms with van der Waals surface area (Å²) in [5.41, 5.74) is 5.74. The SMILES string of the molecule is CC(C)(CN)C(=O)NCc1ccncn1. The maximum Gasteiger partial charge on any atom is 0.227 e. The highest BCUT2D eigenvalue weighted by molar-refractivity contribution is 5.81. The van der Waals surface area contributed by atoms with Gasteiger partial charge in [-0.15, -0.1) is 0 Å². The number of carbonyl (C=O) groups excluding carboxylic acids is 1. The zero-order chi connectivity index (χ0) is 11.3. The van der Waals surface area contributed by atoms with E-state index in [-0.39, 0.29) is 5.91 Å². The number of hydrogen-bond acceptors (Lipinski definition) is 4. The lowest BCUT2D eigenvalue weighted by molar-refractivity contribution is -0.129. The fourth-order valence-electron chi connectivity index (χ4n) is 0.925. The van der Waals surface area contributed by atoms with Crippen LogP contribution in [-0.4, -0.2) is 22.4 Å². The molecule has 0 saturated carbocycles. The Labute approximate surface area is 89.1 Å². The molecule has 1 heterocycles. The van der Waals surface area contributed by atoms with Gasteiger partial charge in [0, 0.05) is 12.7 Å². The van der Waals surface area contributed by atoms with Crippen LogP contribution in [0.1, 0.15) is 19.5 Å². The van der Waals surface area contributed by atoms with Gasteiger partial charge in [0.2, 0.25) is 5.91 Å². The molecule has 0 spiro atoms. The molecule has 0 bridgehead atoms. The summed E-state index contributed by atoms with van der Waals surface area (Å²) >= 11 is 0. The van der Waals surface area contributed by atoms with Gasteiger partial charge in [-0.25, -0.2) is 9.97 Å². The van der Waals surface area contributed by atoms with Crippen LogP contribution >= 0.6 is 0 Å². The molecule has 5 nitrogen and oxygen atoms in total. The molecule has 1 rings (SSSR count). The Morgan fingerprint density at radius 1 is 1.60 bits per heavy atom. The summed E-state index contributed by atoms with van der Waals surface area (Å²) in [6.07, 6.45) is 3.10. The Kier molecular flexibility index (Phi) is 3.74. The molecule has 0 aliphatic carbocycles. The minimum Gasteiger partial charge on any atom is -0.350 e. The molecule has 0 radical (unpaired) electrons. The van der Waals surface area contributed by atoms with E-state index in [9.17, 15) is 4.79 Å². The van der Waals surface area contributed by atoms with E-state index in [0.29, 0.717) is 13.1 Å². The van der Waals surface area contributed by atoms with Gasteiger partial charge in [0.25, 0.3) is 0 Å². The lowest BCUT2D eigenvalue weighted by Gasteiger charge is -2.20. The molecule has 1 aromatic heterocycles. The topological polar surface area (TPSA) is 80.9 Å². The first-order valence-corrected chi connectivity index (χ1v) is 4.79. The Hall–Kier alpha value is -1.49. The van der Waals surface area contributed by atoms with Crippen LogP contribution < -0.4 is 11.1 Å². The highest BCUT2D eigenvalue weighted by atomic mass is 16.2. The smallest absolute Gasteiger partial charge is 0.227 e. The first-order valence-electron chi connectivity index (χ1n) is 4.79. The third kappa shape index (κ3) is 3.28. The van der Waals surface area contributed by atoms with E-state index in [2.05, 4.69) is 15.3 Å². The second-order valence-corrected chi connectivity index (χ2v) is 3.97. The van der Waals surface area contributed by atoms with Crippen molar-refractivity contribution in [1.82, 2.24) is 15.3 Å². The lowest BCUT2D eigenvalue weighted by atomic mass is 9.93. The molecule has 0 atom stereocenters. The van der Waals surface area contributed by atoms with Gasteiger partial charge in [0.15, 0.2) is 0 Å². The predicted molar refractivity (Wildman–Crippen MR) is 56.7 cm³/mol. The summed E-state index contributed by atoms with van der Waals surface area (Å²) < 4.78 is 0. The van der Waals surface area contributed by atoms with E-state index in [4.69, 9.17) is 5.73 Å².